The summed E-state index contributed by atoms with van der Waals surface area (Å²) < 4.78 is 2.77. The average molecular weight is 911 g/mol. The van der Waals surface area contributed by atoms with Gasteiger partial charge in [0.2, 0.25) is 0 Å². The topological polar surface area (TPSA) is 0 Å². The molecule has 46 heavy (non-hydrogen) atoms. The van der Waals surface area contributed by atoms with Gasteiger partial charge in [-0.1, -0.05) is 156 Å². The predicted octanol–water partition coefficient (Wildman–Crippen LogP) is 14.5. The zero-order valence-electron chi connectivity index (χ0n) is 24.3. The second-order valence-corrected chi connectivity index (χ2v) is 14.8. The van der Waals surface area contributed by atoms with Gasteiger partial charge in [0.1, 0.15) is 0 Å². The summed E-state index contributed by atoms with van der Waals surface area (Å²) in [4.78, 5) is 5.88. The van der Waals surface area contributed by atoms with Crippen LogP contribution in [0.5, 0.6) is 0 Å². The minimum Gasteiger partial charge on any atom is -0.140 e. The first-order chi connectivity index (χ1) is 18.7. The Labute approximate surface area is 334 Å². The van der Waals surface area contributed by atoms with Gasteiger partial charge in [-0.25, -0.2) is 0 Å². The quantitative estimate of drug-likeness (QED) is 0.0769. The van der Waals surface area contributed by atoms with E-state index in [0.29, 0.717) is 0 Å². The van der Waals surface area contributed by atoms with E-state index in [4.69, 9.17) is 0 Å². The second kappa shape index (κ2) is 25.9. The monoisotopic (exact) mass is 912 g/mol. The van der Waals surface area contributed by atoms with Crippen LogP contribution in [0, 0.1) is 20.9 Å². The molecule has 256 valence electrons. The Morgan fingerprint density at radius 1 is 0.565 bits per heavy atom. The molecular weight excluding hydrogens is 846 g/mol. The van der Waals surface area contributed by atoms with Crippen LogP contribution in [0.3, 0.4) is 0 Å². The van der Waals surface area contributed by atoms with Gasteiger partial charge in [-0.2, -0.15) is 0 Å². The first-order valence-electron chi connectivity index (χ1n) is 14.6. The Balaban J connectivity index is -0.00000110. The minimum atomic E-state index is 0. The van der Waals surface area contributed by atoms with Crippen LogP contribution in [-0.4, -0.2) is 57.9 Å². The van der Waals surface area contributed by atoms with E-state index in [9.17, 15) is 0 Å². The van der Waals surface area contributed by atoms with Crippen LogP contribution in [0.15, 0.2) is 24.3 Å². The molecule has 0 aliphatic carbocycles. The molecular formula is C40H64S4Sn2. The molecule has 0 fully saturated rings. The number of unbranched alkanes of at least 4 members (excludes halogenated alkanes) is 2. The third-order valence-electron chi connectivity index (χ3n) is 8.09. The zero-order valence-corrected chi connectivity index (χ0v) is 33.3. The Morgan fingerprint density at radius 2 is 0.935 bits per heavy atom. The Morgan fingerprint density at radius 3 is 1.26 bits per heavy atom. The molecule has 0 N–H and O–H groups in total. The Bertz CT molecular complexity index is 1470. The molecule has 0 bridgehead atoms. The van der Waals surface area contributed by atoms with Gasteiger partial charge < -0.3 is 0 Å². The molecule has 0 spiro atoms. The standard InChI is InChI=1S/C34H40S4.6CH4.2Sn/c1-5-9-11-23(7-3)21-25-13-15-29(37-25)31-27-17-19-36-34(27)32(28-18-20-35-33(28)31)30-16-14-26(38-30)22-24(8-4)12-10-6-2;;;;;;;;/h13-18,23-24H,5-12,21-22H2,1-4H3;6*1H4;;. The predicted molar refractivity (Wildman–Crippen MR) is 231 cm³/mol. The van der Waals surface area contributed by atoms with E-state index in [1.165, 1.54) is 115 Å². The van der Waals surface area contributed by atoms with Gasteiger partial charge in [0.25, 0.3) is 0 Å². The number of hydrogen-bond acceptors (Lipinski definition) is 2. The fraction of sp³-hybridized carbons (Fsp3) is 0.550. The normalized spacial score (nSPS) is 11.9. The van der Waals surface area contributed by atoms with Crippen molar-refractivity contribution in [3.63, 3.8) is 0 Å². The smallest absolute Gasteiger partial charge is 0.0533 e. The fourth-order valence-corrected chi connectivity index (χ4v) is 9.99. The number of fused-ring (bicyclic) bond motifs is 2. The van der Waals surface area contributed by atoms with Gasteiger partial charge >= 0.3 is 0 Å². The van der Waals surface area contributed by atoms with E-state index < -0.39 is 0 Å². The van der Waals surface area contributed by atoms with Gasteiger partial charge in [0, 0.05) is 102 Å². The van der Waals surface area contributed by atoms with E-state index in [0.717, 1.165) is 11.8 Å². The molecule has 3 aromatic rings. The van der Waals surface area contributed by atoms with E-state index in [-0.39, 0.29) is 92.4 Å². The molecule has 2 aliphatic heterocycles. The summed E-state index contributed by atoms with van der Waals surface area (Å²) in [5, 5.41) is 7.02. The van der Waals surface area contributed by atoms with Gasteiger partial charge in [0.15, 0.2) is 0 Å². The van der Waals surface area contributed by atoms with Gasteiger partial charge in [-0.3, -0.25) is 0 Å². The Kier molecular flexibility index (Phi) is 29.7. The SMILES string of the molecule is C.C.C.C.C.C.CCCCC(CC)Cc1ccc(-c2c3c(c(-c4ccc(CC(CC)CCCC)s4)c4c2=S=C=C4)=S=C=C3)s1.[Sn].[Sn]. The largest absolute Gasteiger partial charge is 0.140 e. The van der Waals surface area contributed by atoms with Crippen LogP contribution < -0.4 is 0 Å². The van der Waals surface area contributed by atoms with Crippen LogP contribution in [0.25, 0.3) is 33.0 Å². The first kappa shape index (κ1) is 52.8. The van der Waals surface area contributed by atoms with Crippen molar-refractivity contribution in [2.24, 2.45) is 11.8 Å². The van der Waals surface area contributed by atoms with Gasteiger partial charge in [-0.05, 0) is 48.9 Å². The number of thiophene rings is 2. The third-order valence-corrected chi connectivity index (χ3v) is 12.1. The van der Waals surface area contributed by atoms with E-state index >= 15 is 0 Å². The molecule has 2 aromatic heterocycles. The summed E-state index contributed by atoms with van der Waals surface area (Å²) >= 11 is 4.01. The van der Waals surface area contributed by atoms with Crippen molar-refractivity contribution in [3.8, 4) is 20.9 Å². The van der Waals surface area contributed by atoms with Crippen molar-refractivity contribution >= 4 is 115 Å². The molecule has 0 nitrogen and oxygen atoms in total. The summed E-state index contributed by atoms with van der Waals surface area (Å²) in [6.07, 6.45) is 17.4. The van der Waals surface area contributed by atoms with Crippen molar-refractivity contribution in [2.75, 3.05) is 0 Å². The van der Waals surface area contributed by atoms with Gasteiger partial charge in [-0.15, -0.1) is 22.7 Å². The van der Waals surface area contributed by atoms with E-state index in [2.05, 4.69) is 74.2 Å². The van der Waals surface area contributed by atoms with Crippen molar-refractivity contribution in [2.45, 2.75) is 136 Å². The van der Waals surface area contributed by atoms with Crippen molar-refractivity contribution in [3.05, 3.63) is 54.2 Å². The summed E-state index contributed by atoms with van der Waals surface area (Å²) in [7, 11) is 3.56. The van der Waals surface area contributed by atoms with Crippen LogP contribution in [0.2, 0.25) is 0 Å². The molecule has 6 heteroatoms. The molecule has 1 aromatic carbocycles. The molecule has 0 amide bonds. The second-order valence-electron chi connectivity index (χ2n) is 10.7. The zero-order chi connectivity index (χ0) is 26.5. The molecule has 4 heterocycles. The fourth-order valence-electron chi connectivity index (χ4n) is 5.71. The number of rotatable bonds is 14. The molecule has 0 saturated heterocycles. The maximum Gasteiger partial charge on any atom is 0.0533 e. The summed E-state index contributed by atoms with van der Waals surface area (Å²) in [5.41, 5.74) is 5.54. The van der Waals surface area contributed by atoms with Crippen LogP contribution >= 0.6 is 44.6 Å². The minimum absolute atomic E-state index is 0. The van der Waals surface area contributed by atoms with E-state index in [1.807, 2.05) is 22.7 Å². The van der Waals surface area contributed by atoms with Crippen LogP contribution in [-0.2, 0) is 12.8 Å². The molecule has 2 aliphatic rings. The summed E-state index contributed by atoms with van der Waals surface area (Å²) in [6.45, 7) is 9.32. The maximum absolute atomic E-state index is 3.51. The molecule has 0 saturated carbocycles. The maximum atomic E-state index is 3.51. The van der Waals surface area contributed by atoms with E-state index in [1.54, 1.807) is 21.9 Å². The molecule has 2 atom stereocenters. The molecule has 5 rings (SSSR count). The first-order valence-corrected chi connectivity index (χ1v) is 17.9. The summed E-state index contributed by atoms with van der Waals surface area (Å²) in [6, 6.07) is 9.54. The average Bonchev–Trinajstić information content (AvgIpc) is 3.75. The number of benzene rings is 1. The van der Waals surface area contributed by atoms with Gasteiger partial charge in [0.05, 0.1) is 9.02 Å². The van der Waals surface area contributed by atoms with Crippen LogP contribution in [0.1, 0.15) is 145 Å². The molecule has 2 unspecified atom stereocenters. The van der Waals surface area contributed by atoms with Crippen molar-refractivity contribution < 1.29 is 0 Å². The van der Waals surface area contributed by atoms with Crippen molar-refractivity contribution in [1.29, 1.82) is 0 Å². The third kappa shape index (κ3) is 12.1. The molecule has 8 radical (unpaired) electrons. The number of hydrogen-bond donors (Lipinski definition) is 0. The van der Waals surface area contributed by atoms with Crippen LogP contribution in [0.4, 0.5) is 0 Å². The van der Waals surface area contributed by atoms with Crippen molar-refractivity contribution in [1.82, 2.24) is 0 Å². The summed E-state index contributed by atoms with van der Waals surface area (Å²) in [5.74, 6) is 1.60. The Hall–Kier alpha value is -0.0426.